The summed E-state index contributed by atoms with van der Waals surface area (Å²) in [4.78, 5) is 11.3. The molecule has 0 bridgehead atoms. The van der Waals surface area contributed by atoms with Crippen LogP contribution in [0.25, 0.3) is 22.5 Å². The van der Waals surface area contributed by atoms with Crippen molar-refractivity contribution >= 4 is 68.0 Å². The first-order valence-electron chi connectivity index (χ1n) is 11.9. The number of benzene rings is 3. The molecule has 0 saturated carbocycles. The van der Waals surface area contributed by atoms with Crippen LogP contribution in [0.5, 0.6) is 0 Å². The van der Waals surface area contributed by atoms with E-state index in [0.717, 1.165) is 43.5 Å². The van der Waals surface area contributed by atoms with Gasteiger partial charge in [0.15, 0.2) is 9.60 Å². The van der Waals surface area contributed by atoms with Crippen molar-refractivity contribution in [1.82, 2.24) is 9.13 Å². The molecule has 0 spiro atoms. The molecule has 40 heavy (non-hydrogen) atoms. The van der Waals surface area contributed by atoms with E-state index >= 15 is 0 Å². The molecule has 0 aliphatic carbocycles. The van der Waals surface area contributed by atoms with Gasteiger partial charge in [-0.3, -0.25) is 0 Å². The number of aromatic nitrogens is 2. The third-order valence-corrected chi connectivity index (χ3v) is 7.53. The van der Waals surface area contributed by atoms with Crippen LogP contribution < -0.4 is 9.60 Å². The van der Waals surface area contributed by atoms with Gasteiger partial charge in [-0.25, -0.2) is 18.8 Å². The molecule has 0 radical (unpaired) electrons. The lowest BCUT2D eigenvalue weighted by Gasteiger charge is -2.07. The first kappa shape index (κ1) is 31.3. The minimum Gasteiger partial charge on any atom is -0.313 e. The van der Waals surface area contributed by atoms with E-state index in [2.05, 4.69) is 22.3 Å². The summed E-state index contributed by atoms with van der Waals surface area (Å²) in [6.07, 6.45) is 3.64. The molecule has 0 fully saturated rings. The second kappa shape index (κ2) is 14.5. The summed E-state index contributed by atoms with van der Waals surface area (Å²) < 4.78 is 30.9. The zero-order valence-corrected chi connectivity index (χ0v) is 26.3. The van der Waals surface area contributed by atoms with E-state index in [1.165, 1.54) is 46.9 Å². The Bertz CT molecular complexity index is 1590. The number of nitrogens with zero attached hydrogens (tertiary/aromatic N) is 4. The molecular weight excluding hydrogens is 678 g/mol. The van der Waals surface area contributed by atoms with E-state index < -0.39 is 0 Å². The highest BCUT2D eigenvalue weighted by atomic mass is 79.9. The fourth-order valence-electron chi connectivity index (χ4n) is 3.97. The molecule has 10 heteroatoms. The SMILES string of the molecule is Br.Br.C=CCn1c(-c2ccc(F)cc2)csc1=Nc1ccc(N=c2scc(-c3ccc(F)cc3)n2CC=C)cc1. The quantitative estimate of drug-likeness (QED) is 0.145. The summed E-state index contributed by atoms with van der Waals surface area (Å²) in [6.45, 7) is 8.92. The van der Waals surface area contributed by atoms with Crippen molar-refractivity contribution in [3.63, 3.8) is 0 Å². The smallest absolute Gasteiger partial charge is 0.190 e. The molecule has 0 atom stereocenters. The molecule has 0 amide bonds. The Morgan fingerprint density at radius 1 is 0.600 bits per heavy atom. The Morgan fingerprint density at radius 3 is 1.27 bits per heavy atom. The van der Waals surface area contributed by atoms with Crippen molar-refractivity contribution in [2.45, 2.75) is 13.1 Å². The number of hydrogen-bond acceptors (Lipinski definition) is 4. The highest BCUT2D eigenvalue weighted by Gasteiger charge is 2.09. The average molecular weight is 705 g/mol. The largest absolute Gasteiger partial charge is 0.313 e. The van der Waals surface area contributed by atoms with E-state index in [0.29, 0.717) is 13.1 Å². The van der Waals surface area contributed by atoms with Crippen molar-refractivity contribution in [2.24, 2.45) is 9.98 Å². The molecule has 2 aromatic heterocycles. The summed E-state index contributed by atoms with van der Waals surface area (Å²) in [5.41, 5.74) is 5.36. The molecule has 0 saturated heterocycles. The summed E-state index contributed by atoms with van der Waals surface area (Å²) in [5.74, 6) is -0.530. The third-order valence-electron chi connectivity index (χ3n) is 5.80. The molecule has 2 heterocycles. The monoisotopic (exact) mass is 702 g/mol. The van der Waals surface area contributed by atoms with Gasteiger partial charge in [0, 0.05) is 23.8 Å². The van der Waals surface area contributed by atoms with Crippen LogP contribution in [0.15, 0.2) is 119 Å². The topological polar surface area (TPSA) is 34.6 Å². The highest BCUT2D eigenvalue weighted by Crippen LogP contribution is 2.24. The maximum absolute atomic E-state index is 13.4. The predicted octanol–water partition coefficient (Wildman–Crippen LogP) is 9.02. The van der Waals surface area contributed by atoms with Crippen LogP contribution in [-0.2, 0) is 13.1 Å². The fraction of sp³-hybridized carbons (Fsp3) is 0.0667. The highest BCUT2D eigenvalue weighted by molar-refractivity contribution is 8.93. The Hall–Kier alpha value is -3.18. The number of hydrogen-bond donors (Lipinski definition) is 0. The van der Waals surface area contributed by atoms with E-state index in [1.807, 2.05) is 47.2 Å². The molecule has 0 unspecified atom stereocenters. The minimum atomic E-state index is -0.265. The van der Waals surface area contributed by atoms with E-state index in [-0.39, 0.29) is 45.6 Å². The van der Waals surface area contributed by atoms with Crippen LogP contribution in [0, 0.1) is 11.6 Å². The van der Waals surface area contributed by atoms with Gasteiger partial charge in [-0.05, 0) is 83.9 Å². The van der Waals surface area contributed by atoms with Crippen LogP contribution in [0.4, 0.5) is 20.2 Å². The third kappa shape index (κ3) is 7.11. The maximum atomic E-state index is 13.4. The van der Waals surface area contributed by atoms with Gasteiger partial charge >= 0.3 is 0 Å². The summed E-state index contributed by atoms with van der Waals surface area (Å²) in [5, 5.41) is 4.04. The van der Waals surface area contributed by atoms with Crippen LogP contribution in [-0.4, -0.2) is 9.13 Å². The van der Waals surface area contributed by atoms with Crippen LogP contribution in [0.3, 0.4) is 0 Å². The zero-order chi connectivity index (χ0) is 26.5. The molecule has 5 aromatic rings. The minimum absolute atomic E-state index is 0. The van der Waals surface area contributed by atoms with Gasteiger partial charge < -0.3 is 9.13 Å². The van der Waals surface area contributed by atoms with Crippen molar-refractivity contribution in [2.75, 3.05) is 0 Å². The first-order valence-corrected chi connectivity index (χ1v) is 13.6. The lowest BCUT2D eigenvalue weighted by Crippen LogP contribution is -2.15. The maximum Gasteiger partial charge on any atom is 0.190 e. The summed E-state index contributed by atoms with van der Waals surface area (Å²) in [6, 6.07) is 20.6. The van der Waals surface area contributed by atoms with Gasteiger partial charge in [-0.2, -0.15) is 0 Å². The van der Waals surface area contributed by atoms with Gasteiger partial charge in [0.05, 0.1) is 22.8 Å². The first-order chi connectivity index (χ1) is 18.6. The van der Waals surface area contributed by atoms with Gasteiger partial charge in [0.1, 0.15) is 11.6 Å². The van der Waals surface area contributed by atoms with Gasteiger partial charge in [0.25, 0.3) is 0 Å². The van der Waals surface area contributed by atoms with Gasteiger partial charge in [0.2, 0.25) is 0 Å². The van der Waals surface area contributed by atoms with Crippen molar-refractivity contribution < 1.29 is 8.78 Å². The molecule has 0 N–H and O–H groups in total. The molecule has 206 valence electrons. The number of allylic oxidation sites excluding steroid dienone is 2. The standard InChI is InChI=1S/C30H24F2N4S2.2BrH/c1-3-17-35-27(21-5-9-23(31)10-6-21)19-37-29(35)33-25-13-15-26(16-14-25)34-30-36(18-4-2)28(20-38-30)22-7-11-24(32)12-8-22;;/h3-16,19-20H,1-2,17-18H2;2*1H. The van der Waals surface area contributed by atoms with Crippen LogP contribution in [0.2, 0.25) is 0 Å². The Labute approximate surface area is 260 Å². The second-order valence-corrected chi connectivity index (χ2v) is 10.0. The average Bonchev–Trinajstić information content (AvgIpc) is 3.51. The molecular formula is C30H26Br2F2N4S2. The molecule has 0 aliphatic rings. The zero-order valence-electron chi connectivity index (χ0n) is 21.2. The van der Waals surface area contributed by atoms with Crippen molar-refractivity contribution in [3.05, 3.63) is 130 Å². The van der Waals surface area contributed by atoms with Crippen LogP contribution in [0.1, 0.15) is 0 Å². The lowest BCUT2D eigenvalue weighted by molar-refractivity contribution is 0.627. The van der Waals surface area contributed by atoms with E-state index in [1.54, 1.807) is 24.3 Å². The Balaban J connectivity index is 0.00000220. The predicted molar refractivity (Wildman–Crippen MR) is 173 cm³/mol. The van der Waals surface area contributed by atoms with Gasteiger partial charge in [-0.15, -0.1) is 69.8 Å². The Kier molecular flexibility index (Phi) is 11.3. The Morgan fingerprint density at radius 2 is 0.950 bits per heavy atom. The number of halogens is 4. The molecule has 3 aromatic carbocycles. The molecule has 0 aliphatic heterocycles. The van der Waals surface area contributed by atoms with E-state index in [4.69, 9.17) is 9.98 Å². The second-order valence-electron chi connectivity index (χ2n) is 8.36. The van der Waals surface area contributed by atoms with Crippen LogP contribution >= 0.6 is 56.6 Å². The lowest BCUT2D eigenvalue weighted by atomic mass is 10.2. The van der Waals surface area contributed by atoms with Crippen molar-refractivity contribution in [1.29, 1.82) is 0 Å². The number of rotatable bonds is 8. The summed E-state index contributed by atoms with van der Waals surface area (Å²) >= 11 is 3.05. The summed E-state index contributed by atoms with van der Waals surface area (Å²) in [7, 11) is 0. The normalized spacial score (nSPS) is 11.6. The van der Waals surface area contributed by atoms with E-state index in [9.17, 15) is 8.78 Å². The molecule has 5 rings (SSSR count). The fourth-order valence-corrected chi connectivity index (χ4v) is 5.85. The number of thiazole rings is 2. The van der Waals surface area contributed by atoms with Gasteiger partial charge in [-0.1, -0.05) is 12.2 Å². The van der Waals surface area contributed by atoms with Crippen molar-refractivity contribution in [3.8, 4) is 22.5 Å². The molecule has 4 nitrogen and oxygen atoms in total.